The minimum Gasteiger partial charge on any atom is -0.493 e. The molecule has 0 bridgehead atoms. The number of nitrogens with one attached hydrogen (secondary N) is 1. The number of piperidine rings is 1. The Morgan fingerprint density at radius 3 is 2.28 bits per heavy atom. The maximum atomic E-state index is 13.8. The number of hydrogen-bond acceptors (Lipinski definition) is 14. The highest BCUT2D eigenvalue weighted by Gasteiger charge is 2.54. The van der Waals surface area contributed by atoms with Gasteiger partial charge in [0.15, 0.2) is 11.5 Å². The van der Waals surface area contributed by atoms with Gasteiger partial charge in [-0.3, -0.25) is 9.69 Å². The zero-order valence-corrected chi connectivity index (χ0v) is 31.8. The fraction of sp³-hybridized carbons (Fsp3) is 0.538. The summed E-state index contributed by atoms with van der Waals surface area (Å²) >= 11 is 0. The van der Waals surface area contributed by atoms with Crippen molar-refractivity contribution < 1.29 is 61.8 Å². The van der Waals surface area contributed by atoms with Gasteiger partial charge in [0.2, 0.25) is 5.75 Å². The fourth-order valence-electron chi connectivity index (χ4n) is 8.20. The van der Waals surface area contributed by atoms with Crippen LogP contribution in [0.2, 0.25) is 0 Å². The van der Waals surface area contributed by atoms with E-state index in [1.807, 2.05) is 6.07 Å². The molecule has 1 aromatic heterocycles. The Morgan fingerprint density at radius 1 is 0.926 bits per heavy atom. The van der Waals surface area contributed by atoms with E-state index in [0.717, 1.165) is 29.6 Å². The van der Waals surface area contributed by atoms with Crippen LogP contribution in [0.25, 0.3) is 10.9 Å². The molecule has 6 atom stereocenters. The Balaban J connectivity index is 1.24. The number of H-pyrrole nitrogens is 1. The molecule has 2 aliphatic heterocycles. The largest absolute Gasteiger partial charge is 0.514 e. The first-order valence-electron chi connectivity index (χ1n) is 18.0. The maximum Gasteiger partial charge on any atom is 0.514 e. The van der Waals surface area contributed by atoms with Crippen LogP contribution in [0.3, 0.4) is 0 Å². The Morgan fingerprint density at radius 2 is 1.65 bits per heavy atom. The lowest BCUT2D eigenvalue weighted by Gasteiger charge is -2.52. The molecule has 0 radical (unpaired) electrons. The van der Waals surface area contributed by atoms with E-state index in [4.69, 9.17) is 42.6 Å². The second-order valence-electron chi connectivity index (χ2n) is 14.6. The van der Waals surface area contributed by atoms with Crippen molar-refractivity contribution in [1.82, 2.24) is 9.88 Å². The van der Waals surface area contributed by atoms with Gasteiger partial charge in [0.05, 0.1) is 45.5 Å². The molecule has 6 rings (SSSR count). The number of esters is 2. The number of rotatable bonds is 9. The van der Waals surface area contributed by atoms with Gasteiger partial charge in [0.25, 0.3) is 0 Å². The van der Waals surface area contributed by atoms with Crippen LogP contribution in [0.1, 0.15) is 68.2 Å². The van der Waals surface area contributed by atoms with E-state index in [9.17, 15) is 19.2 Å². The van der Waals surface area contributed by atoms with Gasteiger partial charge < -0.3 is 47.6 Å². The van der Waals surface area contributed by atoms with Crippen LogP contribution in [-0.4, -0.2) is 100 Å². The number of methoxy groups -OCH3 is 4. The Hall–Kier alpha value is -5.02. The second kappa shape index (κ2) is 15.8. The van der Waals surface area contributed by atoms with Crippen molar-refractivity contribution in [2.75, 3.05) is 48.1 Å². The molecule has 1 saturated heterocycles. The summed E-state index contributed by atoms with van der Waals surface area (Å²) in [6.07, 6.45) is -1.41. The van der Waals surface area contributed by atoms with Crippen LogP contribution in [0.4, 0.5) is 9.59 Å². The number of benzene rings is 2. The van der Waals surface area contributed by atoms with Gasteiger partial charge in [-0.1, -0.05) is 0 Å². The first kappa shape index (κ1) is 38.7. The molecular weight excluding hydrogens is 704 g/mol. The van der Waals surface area contributed by atoms with E-state index in [1.165, 1.54) is 46.1 Å². The molecule has 15 heteroatoms. The van der Waals surface area contributed by atoms with E-state index in [2.05, 4.69) is 9.88 Å². The van der Waals surface area contributed by atoms with Crippen LogP contribution in [0, 0.1) is 17.8 Å². The third kappa shape index (κ3) is 7.78. The lowest BCUT2D eigenvalue weighted by molar-refractivity contribution is -0.176. The highest BCUT2D eigenvalue weighted by Crippen LogP contribution is 2.51. The number of carbonyl (C=O) groups excluding carboxylic acids is 4. The number of aromatic amines is 1. The highest BCUT2D eigenvalue weighted by molar-refractivity contribution is 5.92. The predicted octanol–water partition coefficient (Wildman–Crippen LogP) is 6.00. The molecule has 2 fully saturated rings. The molecule has 6 unspecified atom stereocenters. The Kier molecular flexibility index (Phi) is 11.3. The van der Waals surface area contributed by atoms with Crippen LogP contribution in [-0.2, 0) is 34.9 Å². The summed E-state index contributed by atoms with van der Waals surface area (Å²) in [5.41, 5.74) is 2.50. The third-order valence-electron chi connectivity index (χ3n) is 10.4. The monoisotopic (exact) mass is 752 g/mol. The SMILES string of the molecule is CCOC(=O)Oc1c(OC)cc(C(=O)OC2CC3CN4CCc5c([nH]c6cc(OC(=O)OC(C)(C)C)ccc56)C4CC3C(C(=O)OC)C2OC)cc1OC. The van der Waals surface area contributed by atoms with Crippen molar-refractivity contribution in [2.24, 2.45) is 17.8 Å². The van der Waals surface area contributed by atoms with E-state index >= 15 is 0 Å². The molecule has 3 aromatic rings. The molecule has 15 nitrogen and oxygen atoms in total. The minimum absolute atomic E-state index is 0.0151. The first-order chi connectivity index (χ1) is 25.8. The fourth-order valence-corrected chi connectivity index (χ4v) is 8.20. The van der Waals surface area contributed by atoms with E-state index in [-0.39, 0.29) is 47.3 Å². The number of nitrogens with zero attached hydrogens (tertiary/aromatic N) is 1. The lowest BCUT2D eigenvalue weighted by Crippen LogP contribution is -2.58. The standard InChI is InChI=1S/C39H48N2O13/c1-9-50-37(44)53-33-28(46-5)14-20(15-29(33)47-6)35(42)52-30-16-21-19-41-13-12-24-23-11-10-22(51-38(45)54-39(2,3)4)17-26(23)40-32(24)27(41)18-25(21)31(34(30)48-7)36(43)49-8/h10-11,14-15,17,21,25,27,30-31,34,40H,9,12-13,16,18-19H2,1-8H3. The highest BCUT2D eigenvalue weighted by atomic mass is 16.7. The summed E-state index contributed by atoms with van der Waals surface area (Å²) < 4.78 is 49.2. The average molecular weight is 753 g/mol. The van der Waals surface area contributed by atoms with Gasteiger partial charge >= 0.3 is 24.2 Å². The predicted molar refractivity (Wildman–Crippen MR) is 192 cm³/mol. The van der Waals surface area contributed by atoms with Gasteiger partial charge in [-0.05, 0) is 88.6 Å². The van der Waals surface area contributed by atoms with Gasteiger partial charge in [-0.2, -0.15) is 0 Å². The number of carbonyl (C=O) groups is 4. The third-order valence-corrected chi connectivity index (χ3v) is 10.4. The van der Waals surface area contributed by atoms with Gasteiger partial charge in [0.1, 0.15) is 23.6 Å². The number of hydrogen-bond donors (Lipinski definition) is 1. The Labute approximate surface area is 313 Å². The average Bonchev–Trinajstić information content (AvgIpc) is 3.50. The number of fused-ring (bicyclic) bond motifs is 6. The molecule has 1 N–H and O–H groups in total. The Bertz CT molecular complexity index is 1870. The van der Waals surface area contributed by atoms with Crippen LogP contribution in [0.5, 0.6) is 23.0 Å². The van der Waals surface area contributed by atoms with Crippen molar-refractivity contribution in [1.29, 1.82) is 0 Å². The van der Waals surface area contributed by atoms with Crippen LogP contribution >= 0.6 is 0 Å². The van der Waals surface area contributed by atoms with E-state index in [0.29, 0.717) is 25.1 Å². The topological polar surface area (TPSA) is 170 Å². The van der Waals surface area contributed by atoms with Gasteiger partial charge in [-0.25, -0.2) is 14.4 Å². The van der Waals surface area contributed by atoms with Crippen molar-refractivity contribution >= 4 is 35.2 Å². The summed E-state index contributed by atoms with van der Waals surface area (Å²) in [6.45, 7) is 8.53. The van der Waals surface area contributed by atoms with E-state index < -0.39 is 48.0 Å². The van der Waals surface area contributed by atoms with E-state index in [1.54, 1.807) is 39.8 Å². The summed E-state index contributed by atoms with van der Waals surface area (Å²) in [6, 6.07) is 8.27. The van der Waals surface area contributed by atoms with Crippen molar-refractivity contribution in [2.45, 2.75) is 70.8 Å². The van der Waals surface area contributed by atoms with Crippen molar-refractivity contribution in [3.63, 3.8) is 0 Å². The normalized spacial score (nSPS) is 23.6. The minimum atomic E-state index is -0.957. The van der Waals surface area contributed by atoms with Crippen LogP contribution < -0.4 is 18.9 Å². The molecule has 3 aliphatic rings. The quantitative estimate of drug-likeness (QED) is 0.153. The molecule has 0 spiro atoms. The molecule has 1 aliphatic carbocycles. The maximum absolute atomic E-state index is 13.8. The molecule has 1 saturated carbocycles. The molecule has 54 heavy (non-hydrogen) atoms. The lowest BCUT2D eigenvalue weighted by atomic mass is 9.63. The van der Waals surface area contributed by atoms with Crippen LogP contribution in [0.15, 0.2) is 30.3 Å². The second-order valence-corrected chi connectivity index (χ2v) is 14.6. The summed E-state index contributed by atoms with van der Waals surface area (Å²) in [5, 5.41) is 1.05. The smallest absolute Gasteiger partial charge is 0.493 e. The molecule has 292 valence electrons. The number of aromatic nitrogens is 1. The van der Waals surface area contributed by atoms with Gasteiger partial charge in [-0.15, -0.1) is 0 Å². The van der Waals surface area contributed by atoms with Crippen molar-refractivity contribution in [3.8, 4) is 23.0 Å². The molecule has 0 amide bonds. The molecule has 3 heterocycles. The summed E-state index contributed by atoms with van der Waals surface area (Å²) in [5.74, 6) is -1.58. The summed E-state index contributed by atoms with van der Waals surface area (Å²) in [4.78, 5) is 57.8. The first-order valence-corrected chi connectivity index (χ1v) is 18.0. The zero-order chi connectivity index (χ0) is 38.9. The summed E-state index contributed by atoms with van der Waals surface area (Å²) in [7, 11) is 5.57. The van der Waals surface area contributed by atoms with Gasteiger partial charge in [0, 0.05) is 42.9 Å². The molecular formula is C39H48N2O13. The zero-order valence-electron chi connectivity index (χ0n) is 31.8. The van der Waals surface area contributed by atoms with Crippen molar-refractivity contribution in [3.05, 3.63) is 47.2 Å². The number of ether oxygens (including phenoxy) is 9. The molecule has 2 aromatic carbocycles.